The molecule has 2 N–H and O–H groups in total. The zero-order valence-electron chi connectivity index (χ0n) is 15.5. The van der Waals surface area contributed by atoms with E-state index in [-0.39, 0.29) is 36.5 Å². The van der Waals surface area contributed by atoms with Gasteiger partial charge in [-0.25, -0.2) is 0 Å². The van der Waals surface area contributed by atoms with Crippen LogP contribution in [-0.4, -0.2) is 37.7 Å². The van der Waals surface area contributed by atoms with Crippen LogP contribution in [0.25, 0.3) is 0 Å². The van der Waals surface area contributed by atoms with Crippen LogP contribution < -0.4 is 10.6 Å². The highest BCUT2D eigenvalue weighted by molar-refractivity contribution is 14.0. The average Bonchev–Trinajstić information content (AvgIpc) is 2.39. The molecule has 0 saturated heterocycles. The molecule has 0 atom stereocenters. The smallest absolute Gasteiger partial charge is 0.325 e. The van der Waals surface area contributed by atoms with Crippen LogP contribution in [0.4, 0.5) is 0 Å². The number of ether oxygens (including phenoxy) is 1. The molecule has 0 amide bonds. The summed E-state index contributed by atoms with van der Waals surface area (Å²) in [5.74, 6) is 0.301. The van der Waals surface area contributed by atoms with Crippen molar-refractivity contribution in [3.63, 3.8) is 0 Å². The van der Waals surface area contributed by atoms with E-state index in [0.29, 0.717) is 5.96 Å². The van der Waals surface area contributed by atoms with Crippen LogP contribution in [0.15, 0.2) is 23.2 Å². The lowest BCUT2D eigenvalue weighted by Crippen LogP contribution is -2.42. The van der Waals surface area contributed by atoms with Crippen molar-refractivity contribution in [1.29, 1.82) is 0 Å². The Hall–Kier alpha value is -1.31. The summed E-state index contributed by atoms with van der Waals surface area (Å²) >= 11 is 0. The molecule has 0 bridgehead atoms. The Morgan fingerprint density at radius 2 is 1.71 bits per heavy atom. The summed E-state index contributed by atoms with van der Waals surface area (Å²) in [5.41, 5.74) is 3.36. The number of benzene rings is 1. The maximum Gasteiger partial charge on any atom is 0.325 e. The number of rotatable bonds is 5. The van der Waals surface area contributed by atoms with Gasteiger partial charge in [-0.3, -0.25) is 9.79 Å². The zero-order valence-corrected chi connectivity index (χ0v) is 17.9. The number of hydrogen-bond donors (Lipinski definition) is 2. The Bertz CT molecular complexity index is 546. The van der Waals surface area contributed by atoms with E-state index in [0.717, 1.165) is 13.0 Å². The summed E-state index contributed by atoms with van der Waals surface area (Å²) in [7, 11) is 1.68. The molecule has 1 rings (SSSR count). The number of halogens is 1. The number of nitrogens with one attached hydrogen (secondary N) is 2. The molecule has 0 aliphatic heterocycles. The van der Waals surface area contributed by atoms with Crippen LogP contribution >= 0.6 is 24.0 Å². The highest BCUT2D eigenvalue weighted by Crippen LogP contribution is 2.09. The Kier molecular flexibility index (Phi) is 9.96. The second-order valence-electron chi connectivity index (χ2n) is 6.68. The summed E-state index contributed by atoms with van der Waals surface area (Å²) < 4.78 is 5.25. The van der Waals surface area contributed by atoms with Crippen molar-refractivity contribution in [2.45, 2.75) is 46.6 Å². The number of hydrogen-bond acceptors (Lipinski definition) is 3. The van der Waals surface area contributed by atoms with Gasteiger partial charge in [-0.05, 0) is 46.6 Å². The molecule has 0 radical (unpaired) electrons. The van der Waals surface area contributed by atoms with Gasteiger partial charge in [-0.2, -0.15) is 0 Å². The third kappa shape index (κ3) is 9.75. The summed E-state index contributed by atoms with van der Waals surface area (Å²) in [6.45, 7) is 10.6. The molecule has 5 nitrogen and oxygen atoms in total. The first-order valence-corrected chi connectivity index (χ1v) is 7.93. The number of aryl methyl sites for hydroxylation is 2. The fourth-order valence-electron chi connectivity index (χ4n) is 2.29. The lowest BCUT2D eigenvalue weighted by Gasteiger charge is -2.20. The number of guanidine groups is 1. The highest BCUT2D eigenvalue weighted by Gasteiger charge is 2.16. The van der Waals surface area contributed by atoms with Gasteiger partial charge in [-0.15, -0.1) is 24.0 Å². The van der Waals surface area contributed by atoms with Crippen molar-refractivity contribution < 1.29 is 9.53 Å². The normalized spacial score (nSPS) is 11.5. The molecule has 0 aromatic heterocycles. The Morgan fingerprint density at radius 3 is 2.21 bits per heavy atom. The van der Waals surface area contributed by atoms with E-state index in [9.17, 15) is 4.79 Å². The predicted molar refractivity (Wildman–Crippen MR) is 110 cm³/mol. The molecule has 1 aromatic carbocycles. The van der Waals surface area contributed by atoms with Gasteiger partial charge in [0.25, 0.3) is 0 Å². The Labute approximate surface area is 162 Å². The Morgan fingerprint density at radius 1 is 1.12 bits per heavy atom. The van der Waals surface area contributed by atoms with Gasteiger partial charge < -0.3 is 15.4 Å². The number of carbonyl (C=O) groups is 1. The molecule has 24 heavy (non-hydrogen) atoms. The van der Waals surface area contributed by atoms with Crippen molar-refractivity contribution in [3.8, 4) is 0 Å². The molecule has 0 aliphatic rings. The van der Waals surface area contributed by atoms with E-state index in [2.05, 4.69) is 47.7 Å². The van der Waals surface area contributed by atoms with Crippen LogP contribution in [-0.2, 0) is 16.0 Å². The van der Waals surface area contributed by atoms with Crippen LogP contribution in [0.5, 0.6) is 0 Å². The van der Waals surface area contributed by atoms with E-state index < -0.39 is 5.60 Å². The van der Waals surface area contributed by atoms with Gasteiger partial charge in [0.05, 0.1) is 0 Å². The lowest BCUT2D eigenvalue weighted by molar-refractivity contribution is -0.153. The second kappa shape index (κ2) is 10.5. The minimum absolute atomic E-state index is 0. The molecule has 1 aromatic rings. The monoisotopic (exact) mass is 447 g/mol. The quantitative estimate of drug-likeness (QED) is 0.316. The lowest BCUT2D eigenvalue weighted by atomic mass is 10.1. The first-order valence-electron chi connectivity index (χ1n) is 7.93. The predicted octanol–water partition coefficient (Wildman–Crippen LogP) is 2.97. The number of esters is 1. The minimum atomic E-state index is -0.473. The van der Waals surface area contributed by atoms with E-state index in [1.807, 2.05) is 20.8 Å². The molecule has 0 heterocycles. The van der Waals surface area contributed by atoms with E-state index in [1.165, 1.54) is 16.7 Å². The van der Waals surface area contributed by atoms with Crippen molar-refractivity contribution in [2.24, 2.45) is 4.99 Å². The van der Waals surface area contributed by atoms with Crippen LogP contribution in [0, 0.1) is 13.8 Å². The zero-order chi connectivity index (χ0) is 17.5. The molecule has 136 valence electrons. The molecular formula is C18H30IN3O2. The van der Waals surface area contributed by atoms with E-state index >= 15 is 0 Å². The maximum absolute atomic E-state index is 11.7. The molecule has 0 aliphatic carbocycles. The fraction of sp³-hybridized carbons (Fsp3) is 0.556. The third-order valence-corrected chi connectivity index (χ3v) is 3.03. The maximum atomic E-state index is 11.7. The van der Waals surface area contributed by atoms with Gasteiger partial charge >= 0.3 is 5.97 Å². The van der Waals surface area contributed by atoms with Gasteiger partial charge in [0.15, 0.2) is 5.96 Å². The molecule has 0 fully saturated rings. The molecule has 0 spiro atoms. The van der Waals surface area contributed by atoms with Crippen molar-refractivity contribution in [2.75, 3.05) is 20.1 Å². The van der Waals surface area contributed by atoms with Crippen molar-refractivity contribution in [3.05, 3.63) is 34.9 Å². The third-order valence-electron chi connectivity index (χ3n) is 3.03. The standard InChI is InChI=1S/C18H29N3O2.HI/c1-13-9-14(2)11-15(10-13)7-8-20-17(19-6)21-12-16(22)23-18(3,4)5;/h9-11H,7-8,12H2,1-6H3,(H2,19,20,21);1H. The van der Waals surface area contributed by atoms with Crippen molar-refractivity contribution in [1.82, 2.24) is 10.6 Å². The number of aliphatic imine (C=N–C) groups is 1. The van der Waals surface area contributed by atoms with Crippen LogP contribution in [0.1, 0.15) is 37.5 Å². The Balaban J connectivity index is 0.00000529. The topological polar surface area (TPSA) is 62.7 Å². The number of nitrogens with zero attached hydrogens (tertiary/aromatic N) is 1. The number of carbonyl (C=O) groups excluding carboxylic acids is 1. The summed E-state index contributed by atoms with van der Waals surface area (Å²) in [5, 5.41) is 6.17. The highest BCUT2D eigenvalue weighted by atomic mass is 127. The molecule has 6 heteroatoms. The molecule has 0 saturated carbocycles. The minimum Gasteiger partial charge on any atom is -0.459 e. The van der Waals surface area contributed by atoms with Crippen molar-refractivity contribution >= 4 is 35.9 Å². The van der Waals surface area contributed by atoms with Crippen LogP contribution in [0.2, 0.25) is 0 Å². The fourth-order valence-corrected chi connectivity index (χ4v) is 2.29. The van der Waals surface area contributed by atoms with Gasteiger partial charge in [0, 0.05) is 13.6 Å². The van der Waals surface area contributed by atoms with E-state index in [1.54, 1.807) is 7.05 Å². The summed E-state index contributed by atoms with van der Waals surface area (Å²) in [4.78, 5) is 15.8. The SMILES string of the molecule is CN=C(NCCc1cc(C)cc(C)c1)NCC(=O)OC(C)(C)C.I. The first-order chi connectivity index (χ1) is 10.7. The average molecular weight is 447 g/mol. The summed E-state index contributed by atoms with van der Waals surface area (Å²) in [6, 6.07) is 6.54. The molecular weight excluding hydrogens is 417 g/mol. The molecule has 0 unspecified atom stereocenters. The second-order valence-corrected chi connectivity index (χ2v) is 6.68. The van der Waals surface area contributed by atoms with Gasteiger partial charge in [0.1, 0.15) is 12.1 Å². The largest absolute Gasteiger partial charge is 0.459 e. The van der Waals surface area contributed by atoms with Gasteiger partial charge in [0.2, 0.25) is 0 Å². The summed E-state index contributed by atoms with van der Waals surface area (Å²) in [6.07, 6.45) is 0.898. The van der Waals surface area contributed by atoms with Crippen LogP contribution in [0.3, 0.4) is 0 Å². The van der Waals surface area contributed by atoms with Gasteiger partial charge in [-0.1, -0.05) is 29.3 Å². The first kappa shape index (κ1) is 22.7. The van der Waals surface area contributed by atoms with E-state index in [4.69, 9.17) is 4.74 Å².